The Morgan fingerprint density at radius 2 is 1.04 bits per heavy atom. The molecule has 0 spiro atoms. The predicted octanol–water partition coefficient (Wildman–Crippen LogP) is 3.95. The van der Waals surface area contributed by atoms with Crippen LogP contribution in [0.15, 0.2) is 48.8 Å². The van der Waals surface area contributed by atoms with Crippen molar-refractivity contribution < 1.29 is 26.2 Å². The van der Waals surface area contributed by atoms with Gasteiger partial charge in [0, 0.05) is 12.1 Å². The van der Waals surface area contributed by atoms with Gasteiger partial charge < -0.3 is 16.2 Å². The maximum atomic E-state index is 7.13. The number of nitrogens with zero attached hydrogens (tertiary/aromatic N) is 5. The van der Waals surface area contributed by atoms with E-state index in [-0.39, 0.29) is 17.1 Å². The Balaban J connectivity index is 0.000000585. The molecular weight excluding hydrogens is 446 g/mol. The maximum Gasteiger partial charge on any atom is 1.00 e. The van der Waals surface area contributed by atoms with Gasteiger partial charge in [-0.1, -0.05) is 36.7 Å². The molecule has 0 bridgehead atoms. The molecule has 9 heteroatoms. The Bertz CT molecular complexity index is 913. The first-order valence-corrected chi connectivity index (χ1v) is 8.68. The van der Waals surface area contributed by atoms with Crippen molar-refractivity contribution in [3.05, 3.63) is 65.0 Å². The van der Waals surface area contributed by atoms with Crippen molar-refractivity contribution >= 4 is 73.9 Å². The quantitative estimate of drug-likeness (QED) is 0.168. The Morgan fingerprint density at radius 3 is 1.37 bits per heavy atom. The molecule has 1 aromatic carbocycles. The first-order chi connectivity index (χ1) is 12.7. The van der Waals surface area contributed by atoms with Crippen molar-refractivity contribution in [2.45, 2.75) is 19.5 Å². The van der Waals surface area contributed by atoms with E-state index in [1.807, 2.05) is 0 Å². The third-order valence-electron chi connectivity index (χ3n) is 3.67. The molecule has 1 aliphatic rings. The first kappa shape index (κ1) is 25.0. The Morgan fingerprint density at radius 1 is 0.704 bits per heavy atom. The minimum atomic E-state index is 0. The molecule has 0 saturated carbocycles. The van der Waals surface area contributed by atoms with E-state index in [2.05, 4.69) is 94.6 Å². The van der Waals surface area contributed by atoms with Crippen LogP contribution >= 0.6 is 36.7 Å². The molecule has 140 valence electrons. The van der Waals surface area contributed by atoms with Crippen molar-refractivity contribution in [3.8, 4) is 0 Å². The summed E-state index contributed by atoms with van der Waals surface area (Å²) in [5, 5.41) is 28.1. The number of thiocarbonyl (C=S) groups is 3. The second kappa shape index (κ2) is 14.1. The zero-order valence-electron chi connectivity index (χ0n) is 14.0. The molecule has 0 aliphatic carbocycles. The number of hydrogen-bond acceptors (Lipinski definition) is 3. The second-order valence-corrected chi connectivity index (χ2v) is 5.52. The van der Waals surface area contributed by atoms with E-state index in [0.29, 0.717) is 0 Å². The van der Waals surface area contributed by atoms with E-state index in [1.165, 1.54) is 43.7 Å². The van der Waals surface area contributed by atoms with Gasteiger partial charge in [0.15, 0.2) is 25.5 Å². The van der Waals surface area contributed by atoms with Gasteiger partial charge in [-0.3, -0.25) is 0 Å². The minimum Gasteiger partial charge on any atom is -0.753 e. The SMILES string of the molecule is [Cu+].[N-]=C=S.[N-]=C=S.[N-]=C=S.c1cc2ccc3ccc[n+]4c3c2[n+](c1)CCC4. The van der Waals surface area contributed by atoms with Crippen LogP contribution in [0.4, 0.5) is 0 Å². The molecule has 5 nitrogen and oxygen atoms in total. The van der Waals surface area contributed by atoms with E-state index in [1.54, 1.807) is 0 Å². The summed E-state index contributed by atoms with van der Waals surface area (Å²) in [5.74, 6) is 0. The number of hydrogen-bond donors (Lipinski definition) is 0. The van der Waals surface area contributed by atoms with E-state index in [4.69, 9.17) is 16.2 Å². The fraction of sp³-hybridized carbons (Fsp3) is 0.167. The summed E-state index contributed by atoms with van der Waals surface area (Å²) < 4.78 is 4.78. The smallest absolute Gasteiger partial charge is 0.753 e. The molecule has 27 heavy (non-hydrogen) atoms. The van der Waals surface area contributed by atoms with Crippen LogP contribution in [-0.2, 0) is 30.2 Å². The molecule has 0 N–H and O–H groups in total. The summed E-state index contributed by atoms with van der Waals surface area (Å²) in [5.41, 5.74) is 2.76. The van der Waals surface area contributed by atoms with Gasteiger partial charge in [-0.2, -0.15) is 24.6 Å². The van der Waals surface area contributed by atoms with Crippen molar-refractivity contribution in [2.24, 2.45) is 0 Å². The van der Waals surface area contributed by atoms with Gasteiger partial charge in [0.2, 0.25) is 0 Å². The zero-order chi connectivity index (χ0) is 19.4. The van der Waals surface area contributed by atoms with E-state index in [0.717, 1.165) is 13.1 Å². The Labute approximate surface area is 184 Å². The second-order valence-electron chi connectivity index (χ2n) is 4.97. The van der Waals surface area contributed by atoms with Crippen LogP contribution in [0.5, 0.6) is 0 Å². The van der Waals surface area contributed by atoms with E-state index < -0.39 is 0 Å². The van der Waals surface area contributed by atoms with Gasteiger partial charge in [0.1, 0.15) is 0 Å². The third-order valence-corrected chi connectivity index (χ3v) is 3.67. The van der Waals surface area contributed by atoms with E-state index >= 15 is 0 Å². The fourth-order valence-corrected chi connectivity index (χ4v) is 2.92. The van der Waals surface area contributed by atoms with Crippen molar-refractivity contribution in [1.82, 2.24) is 0 Å². The van der Waals surface area contributed by atoms with Gasteiger partial charge in [-0.15, -0.1) is 0 Å². The number of benzene rings is 1. The summed E-state index contributed by atoms with van der Waals surface area (Å²) in [7, 11) is 0. The molecule has 0 atom stereocenters. The molecule has 3 heterocycles. The number of rotatable bonds is 0. The van der Waals surface area contributed by atoms with Gasteiger partial charge >= 0.3 is 17.1 Å². The molecule has 0 amide bonds. The zero-order valence-corrected chi connectivity index (χ0v) is 17.4. The third kappa shape index (κ3) is 6.89. The molecule has 0 fully saturated rings. The van der Waals surface area contributed by atoms with Crippen LogP contribution in [0.25, 0.3) is 38.0 Å². The molecule has 2 aromatic heterocycles. The maximum absolute atomic E-state index is 7.13. The number of aryl methyl sites for hydroxylation is 2. The van der Waals surface area contributed by atoms with E-state index in [9.17, 15) is 0 Å². The van der Waals surface area contributed by atoms with Crippen LogP contribution < -0.4 is 9.13 Å². The van der Waals surface area contributed by atoms with Crippen LogP contribution in [-0.4, -0.2) is 15.5 Å². The molecule has 3 aromatic rings. The fourth-order valence-electron chi connectivity index (χ4n) is 2.92. The number of pyridine rings is 2. The monoisotopic (exact) mass is 459 g/mol. The van der Waals surface area contributed by atoms with Crippen LogP contribution in [0.3, 0.4) is 0 Å². The summed E-state index contributed by atoms with van der Waals surface area (Å²) in [4.78, 5) is 0. The molecule has 1 aliphatic heterocycles. The standard InChI is InChI=1S/C15H14N2.3CNS.Cu/c1-4-12-6-7-13-5-2-9-17-11-3-10-16(8-1)14(12)15(13)17;3*2-1-3;/h1-2,4-9H,3,10-11H2;;;;/q+2;3*-1;+1. The molecule has 0 unspecified atom stereocenters. The minimum absolute atomic E-state index is 0. The first-order valence-electron chi connectivity index (χ1n) is 7.45. The summed E-state index contributed by atoms with van der Waals surface area (Å²) in [6.07, 6.45) is 5.59. The Kier molecular flexibility index (Phi) is 13.0. The molecular formula is C18H14CuN5S3. The number of aromatic nitrogens is 2. The van der Waals surface area contributed by atoms with Crippen molar-refractivity contribution in [1.29, 1.82) is 0 Å². The number of isothiocyanates is 3. The molecule has 4 rings (SSSR count). The average molecular weight is 460 g/mol. The van der Waals surface area contributed by atoms with Crippen LogP contribution in [0, 0.1) is 0 Å². The normalized spacial score (nSPS) is 9.93. The Hall–Kier alpha value is -2.04. The largest absolute Gasteiger partial charge is 1.00 e. The van der Waals surface area contributed by atoms with Gasteiger partial charge in [-0.05, 0) is 24.3 Å². The predicted molar refractivity (Wildman–Crippen MR) is 114 cm³/mol. The van der Waals surface area contributed by atoms with Gasteiger partial charge in [0.25, 0.3) is 11.0 Å². The van der Waals surface area contributed by atoms with Crippen LogP contribution in [0.2, 0.25) is 0 Å². The summed E-state index contributed by atoms with van der Waals surface area (Å²) in [6.45, 7) is 2.22. The molecule has 0 saturated heterocycles. The average Bonchev–Trinajstić information content (AvgIpc) is 2.83. The van der Waals surface area contributed by atoms with Crippen LogP contribution in [0.1, 0.15) is 6.42 Å². The topological polar surface area (TPSA) is 74.7 Å². The van der Waals surface area contributed by atoms with Gasteiger partial charge in [-0.25, -0.2) is 0 Å². The summed E-state index contributed by atoms with van der Waals surface area (Å²) >= 11 is 11.1. The van der Waals surface area contributed by atoms with Crippen molar-refractivity contribution in [2.75, 3.05) is 0 Å². The summed E-state index contributed by atoms with van der Waals surface area (Å²) in [6, 6.07) is 13.1. The molecule has 0 radical (unpaired) electrons. The van der Waals surface area contributed by atoms with Gasteiger partial charge in [0.05, 0.1) is 17.2 Å². The van der Waals surface area contributed by atoms with Crippen molar-refractivity contribution in [3.63, 3.8) is 0 Å².